The third kappa shape index (κ3) is 3.83. The van der Waals surface area contributed by atoms with Crippen LogP contribution in [0, 0.1) is 5.92 Å². The highest BCUT2D eigenvalue weighted by Gasteiger charge is 2.59. The van der Waals surface area contributed by atoms with Gasteiger partial charge in [-0.3, -0.25) is 19.3 Å². The second-order valence-electron chi connectivity index (χ2n) is 8.16. The van der Waals surface area contributed by atoms with Gasteiger partial charge in [0.05, 0.1) is 30.9 Å². The summed E-state index contributed by atoms with van der Waals surface area (Å²) in [6, 6.07) is 22.6. The number of imide groups is 1. The van der Waals surface area contributed by atoms with Gasteiger partial charge in [-0.2, -0.15) is 0 Å². The van der Waals surface area contributed by atoms with Crippen LogP contribution in [0.15, 0.2) is 78.9 Å². The van der Waals surface area contributed by atoms with Gasteiger partial charge in [0.25, 0.3) is 5.91 Å². The van der Waals surface area contributed by atoms with E-state index in [1.54, 1.807) is 53.6 Å². The number of anilines is 1. The van der Waals surface area contributed by atoms with Crippen LogP contribution in [-0.4, -0.2) is 35.9 Å². The average Bonchev–Trinajstić information content (AvgIpc) is 3.37. The minimum absolute atomic E-state index is 0.184. The van der Waals surface area contributed by atoms with Gasteiger partial charge in [0.2, 0.25) is 5.91 Å². The van der Waals surface area contributed by atoms with Crippen molar-refractivity contribution in [2.45, 2.75) is 18.7 Å². The smallest absolute Gasteiger partial charge is 0.337 e. The molecule has 7 nitrogen and oxygen atoms in total. The van der Waals surface area contributed by atoms with Crippen LogP contribution in [0.25, 0.3) is 0 Å². The van der Waals surface area contributed by atoms with Crippen molar-refractivity contribution in [2.24, 2.45) is 5.92 Å². The van der Waals surface area contributed by atoms with Crippen molar-refractivity contribution in [3.63, 3.8) is 0 Å². The second kappa shape index (κ2) is 8.93. The fourth-order valence-electron chi connectivity index (χ4n) is 4.48. The van der Waals surface area contributed by atoms with E-state index >= 15 is 0 Å². The summed E-state index contributed by atoms with van der Waals surface area (Å²) in [4.78, 5) is 46.1. The number of rotatable bonds is 5. The maximum atomic E-state index is 13.5. The molecule has 2 aliphatic heterocycles. The van der Waals surface area contributed by atoms with Gasteiger partial charge in [-0.15, -0.1) is 0 Å². The Balaban J connectivity index is 1.52. The molecule has 3 aromatic rings. The molecule has 3 atom stereocenters. The van der Waals surface area contributed by atoms with Crippen LogP contribution in [0.1, 0.15) is 27.5 Å². The second-order valence-corrected chi connectivity index (χ2v) is 8.60. The molecule has 0 N–H and O–H groups in total. The number of carbonyl (C=O) groups excluding carboxylic acids is 3. The molecule has 34 heavy (non-hydrogen) atoms. The Morgan fingerprint density at radius 1 is 0.941 bits per heavy atom. The minimum atomic E-state index is -0.947. The molecule has 0 aromatic heterocycles. The van der Waals surface area contributed by atoms with Gasteiger partial charge in [-0.05, 0) is 47.5 Å². The summed E-state index contributed by atoms with van der Waals surface area (Å²) < 4.78 is 4.78. The molecule has 0 spiro atoms. The summed E-state index contributed by atoms with van der Waals surface area (Å²) in [5, 5.41) is 2.15. The molecule has 172 valence electrons. The molecule has 2 aliphatic rings. The lowest BCUT2D eigenvalue weighted by molar-refractivity contribution is -0.143. The van der Waals surface area contributed by atoms with Crippen molar-refractivity contribution in [1.29, 1.82) is 0 Å². The first-order chi connectivity index (χ1) is 16.5. The summed E-state index contributed by atoms with van der Waals surface area (Å²) in [6.07, 6.45) is -0.947. The Morgan fingerprint density at radius 3 is 2.26 bits per heavy atom. The number of hydrogen-bond donors (Lipinski definition) is 0. The number of nitrogens with zero attached hydrogens (tertiary/aromatic N) is 2. The van der Waals surface area contributed by atoms with Gasteiger partial charge in [-0.25, -0.2) is 9.86 Å². The maximum absolute atomic E-state index is 13.5. The Labute approximate surface area is 201 Å². The van der Waals surface area contributed by atoms with E-state index in [1.165, 1.54) is 12.0 Å². The molecule has 3 aromatic carbocycles. The number of amides is 2. The number of methoxy groups -OCH3 is 1. The van der Waals surface area contributed by atoms with Crippen molar-refractivity contribution in [2.75, 3.05) is 12.2 Å². The van der Waals surface area contributed by atoms with E-state index in [4.69, 9.17) is 21.2 Å². The van der Waals surface area contributed by atoms with Gasteiger partial charge in [0, 0.05) is 5.02 Å². The maximum Gasteiger partial charge on any atom is 0.337 e. The summed E-state index contributed by atoms with van der Waals surface area (Å²) in [6.45, 7) is 0.184. The van der Waals surface area contributed by atoms with Crippen LogP contribution < -0.4 is 5.06 Å². The van der Waals surface area contributed by atoms with E-state index in [2.05, 4.69) is 0 Å². The number of likely N-dealkylation sites (tertiary alicyclic amines) is 1. The van der Waals surface area contributed by atoms with E-state index in [1.807, 2.05) is 30.3 Å². The zero-order valence-electron chi connectivity index (χ0n) is 18.3. The molecular formula is C26H21ClN2O5. The Bertz CT molecular complexity index is 1230. The van der Waals surface area contributed by atoms with Crippen molar-refractivity contribution < 1.29 is 24.0 Å². The molecule has 2 fully saturated rings. The van der Waals surface area contributed by atoms with Crippen molar-refractivity contribution in [3.05, 3.63) is 101 Å². The van der Waals surface area contributed by atoms with Gasteiger partial charge >= 0.3 is 5.97 Å². The molecule has 0 radical (unpaired) electrons. The van der Waals surface area contributed by atoms with E-state index < -0.39 is 24.0 Å². The van der Waals surface area contributed by atoms with Crippen LogP contribution in [0.2, 0.25) is 5.02 Å². The predicted octanol–water partition coefficient (Wildman–Crippen LogP) is 4.17. The monoisotopic (exact) mass is 476 g/mol. The van der Waals surface area contributed by atoms with E-state index in [0.29, 0.717) is 16.3 Å². The van der Waals surface area contributed by atoms with E-state index in [9.17, 15) is 14.4 Å². The normalized spacial score (nSPS) is 21.6. The minimum Gasteiger partial charge on any atom is -0.465 e. The quantitative estimate of drug-likeness (QED) is 0.406. The summed E-state index contributed by atoms with van der Waals surface area (Å²) in [5.74, 6) is -1.86. The zero-order chi connectivity index (χ0) is 23.8. The van der Waals surface area contributed by atoms with Crippen LogP contribution in [-0.2, 0) is 25.7 Å². The lowest BCUT2D eigenvalue weighted by atomic mass is 9.90. The first-order valence-electron chi connectivity index (χ1n) is 10.8. The van der Waals surface area contributed by atoms with E-state index in [-0.39, 0.29) is 18.4 Å². The van der Waals surface area contributed by atoms with Gasteiger partial charge in [0.15, 0.2) is 6.10 Å². The first kappa shape index (κ1) is 22.1. The number of ether oxygens (including phenoxy) is 1. The molecule has 2 amide bonds. The zero-order valence-corrected chi connectivity index (χ0v) is 19.0. The van der Waals surface area contributed by atoms with Gasteiger partial charge in [-0.1, -0.05) is 54.1 Å². The van der Waals surface area contributed by atoms with Crippen molar-refractivity contribution in [1.82, 2.24) is 4.90 Å². The number of benzene rings is 3. The predicted molar refractivity (Wildman–Crippen MR) is 125 cm³/mol. The fraction of sp³-hybridized carbons (Fsp3) is 0.192. The number of halogens is 1. The lowest BCUT2D eigenvalue weighted by Crippen LogP contribution is -2.36. The van der Waals surface area contributed by atoms with Crippen LogP contribution in [0.3, 0.4) is 0 Å². The van der Waals surface area contributed by atoms with Crippen LogP contribution in [0.5, 0.6) is 0 Å². The first-order valence-corrected chi connectivity index (χ1v) is 11.1. The van der Waals surface area contributed by atoms with Gasteiger partial charge < -0.3 is 4.74 Å². The molecule has 2 heterocycles. The highest BCUT2D eigenvalue weighted by Crippen LogP contribution is 2.47. The number of esters is 1. The molecule has 8 heteroatoms. The average molecular weight is 477 g/mol. The van der Waals surface area contributed by atoms with E-state index in [0.717, 1.165) is 11.1 Å². The summed E-state index contributed by atoms with van der Waals surface area (Å²) in [7, 11) is 1.32. The number of fused-ring (bicyclic) bond motifs is 1. The number of hydrogen-bond acceptors (Lipinski definition) is 6. The molecule has 0 aliphatic carbocycles. The summed E-state index contributed by atoms with van der Waals surface area (Å²) in [5.41, 5.74) is 2.64. The van der Waals surface area contributed by atoms with Crippen LogP contribution >= 0.6 is 11.6 Å². The Morgan fingerprint density at radius 2 is 1.62 bits per heavy atom. The molecule has 5 rings (SSSR count). The van der Waals surface area contributed by atoms with Crippen LogP contribution in [0.4, 0.5) is 5.69 Å². The van der Waals surface area contributed by atoms with Gasteiger partial charge in [0.1, 0.15) is 5.92 Å². The largest absolute Gasteiger partial charge is 0.465 e. The number of carbonyl (C=O) groups is 3. The lowest BCUT2D eigenvalue weighted by Gasteiger charge is -2.29. The number of hydroxylamine groups is 1. The molecule has 2 saturated heterocycles. The Kier molecular flexibility index (Phi) is 5.81. The molecule has 3 unspecified atom stereocenters. The third-order valence-corrected chi connectivity index (χ3v) is 6.40. The standard InChI is InChI=1S/C26H21ClN2O5/c1-33-26(32)18-9-7-17(8-10-18)22-21-23(34-29(22)20-13-11-19(27)12-14-20)25(31)28(24(21)30)15-16-5-3-2-4-6-16/h2-14,21-23H,15H2,1H3. The molecule has 0 bridgehead atoms. The summed E-state index contributed by atoms with van der Waals surface area (Å²) >= 11 is 6.05. The molecule has 0 saturated carbocycles. The third-order valence-electron chi connectivity index (χ3n) is 6.14. The fourth-order valence-corrected chi connectivity index (χ4v) is 4.60. The highest BCUT2D eigenvalue weighted by molar-refractivity contribution is 6.30. The van der Waals surface area contributed by atoms with Crippen molar-refractivity contribution >= 4 is 35.1 Å². The topological polar surface area (TPSA) is 76.2 Å². The SMILES string of the molecule is COC(=O)c1ccc(C2C3C(=O)N(Cc4ccccc4)C(=O)C3ON2c2ccc(Cl)cc2)cc1. The van der Waals surface area contributed by atoms with Crippen molar-refractivity contribution in [3.8, 4) is 0 Å². The Hall–Kier alpha value is -3.68. The highest BCUT2D eigenvalue weighted by atomic mass is 35.5. The molecular weight excluding hydrogens is 456 g/mol.